The largest absolute Gasteiger partial charge is 0.387 e. The lowest BCUT2D eigenvalue weighted by Crippen LogP contribution is -2.12. The fourth-order valence-corrected chi connectivity index (χ4v) is 2.58. The summed E-state index contributed by atoms with van der Waals surface area (Å²) in [5.74, 6) is 0. The molecule has 5 heteroatoms. The topological polar surface area (TPSA) is 45.1 Å². The van der Waals surface area contributed by atoms with E-state index in [9.17, 15) is 5.11 Å². The van der Waals surface area contributed by atoms with Gasteiger partial charge < -0.3 is 10.4 Å². The van der Waals surface area contributed by atoms with E-state index in [0.717, 1.165) is 22.2 Å². The van der Waals surface area contributed by atoms with Crippen molar-refractivity contribution in [3.05, 3.63) is 70.3 Å². The monoisotopic (exact) mass is 332 g/mol. The van der Waals surface area contributed by atoms with E-state index < -0.39 is 6.10 Å². The van der Waals surface area contributed by atoms with Crippen LogP contribution in [-0.2, 0) is 0 Å². The molecule has 1 unspecified atom stereocenters. The molecule has 0 saturated carbocycles. The second-order valence-electron chi connectivity index (χ2n) is 4.97. The molecule has 1 aromatic heterocycles. The zero-order chi connectivity index (χ0) is 15.5. The Labute approximate surface area is 138 Å². The molecular weight excluding hydrogens is 319 g/mol. The first kappa shape index (κ1) is 15.1. The predicted molar refractivity (Wildman–Crippen MR) is 91.7 cm³/mol. The maximum atomic E-state index is 10.3. The van der Waals surface area contributed by atoms with Crippen LogP contribution in [0.3, 0.4) is 0 Å². The minimum absolute atomic E-state index is 0.382. The molecule has 112 valence electrons. The maximum absolute atomic E-state index is 10.3. The summed E-state index contributed by atoms with van der Waals surface area (Å²) in [5.41, 5.74) is 2.56. The number of anilines is 1. The Hall–Kier alpha value is -1.81. The quantitative estimate of drug-likeness (QED) is 0.728. The molecule has 3 nitrogen and oxygen atoms in total. The van der Waals surface area contributed by atoms with Crippen molar-refractivity contribution >= 4 is 39.8 Å². The Morgan fingerprint density at radius 3 is 2.50 bits per heavy atom. The van der Waals surface area contributed by atoms with Gasteiger partial charge in [-0.1, -0.05) is 35.3 Å². The summed E-state index contributed by atoms with van der Waals surface area (Å²) >= 11 is 11.9. The Bertz CT molecular complexity index is 790. The SMILES string of the molecule is OC(CNc1ccnc2ccc(Cl)cc12)c1ccc(Cl)cc1. The second kappa shape index (κ2) is 6.53. The highest BCUT2D eigenvalue weighted by Gasteiger charge is 2.09. The van der Waals surface area contributed by atoms with E-state index in [4.69, 9.17) is 23.2 Å². The molecule has 0 radical (unpaired) electrons. The third kappa shape index (κ3) is 3.33. The number of hydrogen-bond acceptors (Lipinski definition) is 3. The summed E-state index contributed by atoms with van der Waals surface area (Å²) in [5, 5.41) is 15.7. The van der Waals surface area contributed by atoms with Gasteiger partial charge in [-0.15, -0.1) is 0 Å². The molecule has 0 saturated heterocycles. The number of aromatic nitrogens is 1. The summed E-state index contributed by atoms with van der Waals surface area (Å²) in [4.78, 5) is 4.30. The zero-order valence-corrected chi connectivity index (χ0v) is 13.1. The van der Waals surface area contributed by atoms with Gasteiger partial charge in [0.15, 0.2) is 0 Å². The molecule has 0 spiro atoms. The number of fused-ring (bicyclic) bond motifs is 1. The predicted octanol–water partition coefficient (Wildman–Crippen LogP) is 4.69. The average Bonchev–Trinajstić information content (AvgIpc) is 2.53. The molecule has 22 heavy (non-hydrogen) atoms. The van der Waals surface area contributed by atoms with Gasteiger partial charge in [-0.3, -0.25) is 4.98 Å². The zero-order valence-electron chi connectivity index (χ0n) is 11.6. The molecule has 3 aromatic rings. The number of nitrogens with zero attached hydrogens (tertiary/aromatic N) is 1. The lowest BCUT2D eigenvalue weighted by atomic mass is 10.1. The number of nitrogens with one attached hydrogen (secondary N) is 1. The van der Waals surface area contributed by atoms with Crippen LogP contribution >= 0.6 is 23.2 Å². The van der Waals surface area contributed by atoms with E-state index in [1.807, 2.05) is 36.4 Å². The van der Waals surface area contributed by atoms with Crippen molar-refractivity contribution in [2.45, 2.75) is 6.10 Å². The highest BCUT2D eigenvalue weighted by atomic mass is 35.5. The van der Waals surface area contributed by atoms with Crippen LogP contribution in [0.4, 0.5) is 5.69 Å². The van der Waals surface area contributed by atoms with Crippen LogP contribution in [0.15, 0.2) is 54.7 Å². The van der Waals surface area contributed by atoms with Gasteiger partial charge in [-0.25, -0.2) is 0 Å². The lowest BCUT2D eigenvalue weighted by Gasteiger charge is -2.14. The second-order valence-corrected chi connectivity index (χ2v) is 5.84. The fourth-order valence-electron chi connectivity index (χ4n) is 2.28. The van der Waals surface area contributed by atoms with Crippen LogP contribution in [0.25, 0.3) is 10.9 Å². The van der Waals surface area contributed by atoms with Crippen molar-refractivity contribution in [1.82, 2.24) is 4.98 Å². The summed E-state index contributed by atoms with van der Waals surface area (Å²) in [6.45, 7) is 0.382. The van der Waals surface area contributed by atoms with E-state index in [-0.39, 0.29) is 0 Å². The molecule has 0 aliphatic rings. The van der Waals surface area contributed by atoms with Gasteiger partial charge in [0, 0.05) is 33.9 Å². The van der Waals surface area contributed by atoms with Crippen LogP contribution in [0.1, 0.15) is 11.7 Å². The Morgan fingerprint density at radius 1 is 1.00 bits per heavy atom. The summed E-state index contributed by atoms with van der Waals surface area (Å²) in [7, 11) is 0. The van der Waals surface area contributed by atoms with Gasteiger partial charge in [0.05, 0.1) is 11.6 Å². The first-order chi connectivity index (χ1) is 10.6. The van der Waals surface area contributed by atoms with Gasteiger partial charge in [-0.05, 0) is 42.0 Å². The Kier molecular flexibility index (Phi) is 4.48. The van der Waals surface area contributed by atoms with E-state index in [2.05, 4.69) is 10.3 Å². The molecule has 2 aromatic carbocycles. The van der Waals surface area contributed by atoms with E-state index >= 15 is 0 Å². The highest BCUT2D eigenvalue weighted by molar-refractivity contribution is 6.31. The van der Waals surface area contributed by atoms with Crippen LogP contribution in [0.2, 0.25) is 10.0 Å². The number of halogens is 2. The lowest BCUT2D eigenvalue weighted by molar-refractivity contribution is 0.191. The van der Waals surface area contributed by atoms with E-state index in [1.165, 1.54) is 0 Å². The highest BCUT2D eigenvalue weighted by Crippen LogP contribution is 2.25. The van der Waals surface area contributed by atoms with Gasteiger partial charge in [-0.2, -0.15) is 0 Å². The number of benzene rings is 2. The van der Waals surface area contributed by atoms with Crippen molar-refractivity contribution in [3.8, 4) is 0 Å². The normalized spacial score (nSPS) is 12.3. The van der Waals surface area contributed by atoms with Crippen molar-refractivity contribution in [3.63, 3.8) is 0 Å². The summed E-state index contributed by atoms with van der Waals surface area (Å²) in [6, 6.07) is 14.6. The van der Waals surface area contributed by atoms with Crippen LogP contribution < -0.4 is 5.32 Å². The number of aliphatic hydroxyl groups excluding tert-OH is 1. The molecule has 0 aliphatic carbocycles. The molecule has 0 aliphatic heterocycles. The molecule has 2 N–H and O–H groups in total. The molecule has 0 fully saturated rings. The average molecular weight is 333 g/mol. The van der Waals surface area contributed by atoms with E-state index in [0.29, 0.717) is 16.6 Å². The maximum Gasteiger partial charge on any atom is 0.0962 e. The first-order valence-electron chi connectivity index (χ1n) is 6.85. The third-order valence-corrected chi connectivity index (χ3v) is 3.93. The minimum Gasteiger partial charge on any atom is -0.387 e. The number of aliphatic hydroxyl groups is 1. The number of rotatable bonds is 4. The number of hydrogen-bond donors (Lipinski definition) is 2. The number of pyridine rings is 1. The van der Waals surface area contributed by atoms with Crippen LogP contribution in [0.5, 0.6) is 0 Å². The third-order valence-electron chi connectivity index (χ3n) is 3.44. The molecule has 0 amide bonds. The Balaban J connectivity index is 1.79. The summed E-state index contributed by atoms with van der Waals surface area (Å²) < 4.78 is 0. The van der Waals surface area contributed by atoms with Crippen molar-refractivity contribution in [1.29, 1.82) is 0 Å². The molecule has 1 heterocycles. The fraction of sp³-hybridized carbons (Fsp3) is 0.118. The van der Waals surface area contributed by atoms with Crippen molar-refractivity contribution < 1.29 is 5.11 Å². The standard InChI is InChI=1S/C17H14Cl2N2O/c18-12-3-1-11(2-4-12)17(22)10-21-16-7-8-20-15-6-5-13(19)9-14(15)16/h1-9,17,22H,10H2,(H,20,21). The smallest absolute Gasteiger partial charge is 0.0962 e. The molecule has 0 bridgehead atoms. The van der Waals surface area contributed by atoms with Crippen LogP contribution in [-0.4, -0.2) is 16.6 Å². The van der Waals surface area contributed by atoms with Gasteiger partial charge in [0.1, 0.15) is 0 Å². The minimum atomic E-state index is -0.625. The Morgan fingerprint density at radius 2 is 1.73 bits per heavy atom. The van der Waals surface area contributed by atoms with E-state index in [1.54, 1.807) is 18.3 Å². The van der Waals surface area contributed by atoms with Gasteiger partial charge in [0.2, 0.25) is 0 Å². The molecule has 3 rings (SSSR count). The molecular formula is C17H14Cl2N2O. The van der Waals surface area contributed by atoms with Crippen LogP contribution in [0, 0.1) is 0 Å². The first-order valence-corrected chi connectivity index (χ1v) is 7.61. The van der Waals surface area contributed by atoms with Crippen molar-refractivity contribution in [2.75, 3.05) is 11.9 Å². The summed E-state index contributed by atoms with van der Waals surface area (Å²) in [6.07, 6.45) is 1.10. The van der Waals surface area contributed by atoms with Crippen molar-refractivity contribution in [2.24, 2.45) is 0 Å². The molecule has 1 atom stereocenters. The van der Waals surface area contributed by atoms with Gasteiger partial charge in [0.25, 0.3) is 0 Å². The van der Waals surface area contributed by atoms with Gasteiger partial charge >= 0.3 is 0 Å².